The Kier molecular flexibility index (Phi) is 5.61. The number of aromatic nitrogens is 3. The SMILES string of the molecule is COc1ccc(-c2nnc(S[C@@H](C)C#N)n2-c2cccc(C(F)(F)F)c2)cc1. The summed E-state index contributed by atoms with van der Waals surface area (Å²) in [6.45, 7) is 1.68. The number of alkyl halides is 3. The second kappa shape index (κ2) is 7.94. The summed E-state index contributed by atoms with van der Waals surface area (Å²) in [6.07, 6.45) is -4.47. The van der Waals surface area contributed by atoms with Crippen molar-refractivity contribution in [1.82, 2.24) is 14.8 Å². The molecule has 1 heterocycles. The van der Waals surface area contributed by atoms with Gasteiger partial charge in [0.15, 0.2) is 11.0 Å². The number of benzene rings is 2. The highest BCUT2D eigenvalue weighted by atomic mass is 32.2. The van der Waals surface area contributed by atoms with E-state index in [9.17, 15) is 13.2 Å². The smallest absolute Gasteiger partial charge is 0.416 e. The highest BCUT2D eigenvalue weighted by Crippen LogP contribution is 2.34. The van der Waals surface area contributed by atoms with Gasteiger partial charge in [0.2, 0.25) is 0 Å². The largest absolute Gasteiger partial charge is 0.497 e. The zero-order chi connectivity index (χ0) is 20.3. The number of hydrogen-bond donors (Lipinski definition) is 0. The summed E-state index contributed by atoms with van der Waals surface area (Å²) in [7, 11) is 1.54. The van der Waals surface area contributed by atoms with E-state index in [2.05, 4.69) is 16.3 Å². The molecule has 0 aliphatic heterocycles. The molecule has 2 aromatic carbocycles. The molecule has 0 aliphatic carbocycles. The quantitative estimate of drug-likeness (QED) is 0.562. The summed E-state index contributed by atoms with van der Waals surface area (Å²) in [5.41, 5.74) is 0.143. The number of halogens is 3. The van der Waals surface area contributed by atoms with E-state index in [-0.39, 0.29) is 5.69 Å². The minimum absolute atomic E-state index is 0.262. The maximum absolute atomic E-state index is 13.2. The lowest BCUT2D eigenvalue weighted by molar-refractivity contribution is -0.137. The maximum Gasteiger partial charge on any atom is 0.416 e. The van der Waals surface area contributed by atoms with Gasteiger partial charge >= 0.3 is 6.18 Å². The topological polar surface area (TPSA) is 63.7 Å². The van der Waals surface area contributed by atoms with Crippen LogP contribution in [0.25, 0.3) is 17.1 Å². The molecular weight excluding hydrogens is 389 g/mol. The number of thioether (sulfide) groups is 1. The molecule has 0 saturated heterocycles. The van der Waals surface area contributed by atoms with Crippen LogP contribution in [0.3, 0.4) is 0 Å². The zero-order valence-electron chi connectivity index (χ0n) is 14.9. The highest BCUT2D eigenvalue weighted by molar-refractivity contribution is 8.00. The number of nitrogens with zero attached hydrogens (tertiary/aromatic N) is 4. The van der Waals surface area contributed by atoms with Crippen LogP contribution >= 0.6 is 11.8 Å². The van der Waals surface area contributed by atoms with Crippen LogP contribution in [0.1, 0.15) is 12.5 Å². The monoisotopic (exact) mass is 404 g/mol. The Bertz CT molecular complexity index is 1010. The van der Waals surface area contributed by atoms with Gasteiger partial charge in [0.1, 0.15) is 5.75 Å². The van der Waals surface area contributed by atoms with Crippen LogP contribution in [0.2, 0.25) is 0 Å². The first-order valence-electron chi connectivity index (χ1n) is 8.17. The van der Waals surface area contributed by atoms with Crippen LogP contribution in [-0.2, 0) is 6.18 Å². The average molecular weight is 404 g/mol. The van der Waals surface area contributed by atoms with Crippen molar-refractivity contribution in [2.75, 3.05) is 7.11 Å². The minimum atomic E-state index is -4.47. The first kappa shape index (κ1) is 19.8. The predicted molar refractivity (Wildman–Crippen MR) is 99.3 cm³/mol. The molecule has 0 spiro atoms. The molecule has 0 N–H and O–H groups in total. The third-order valence-electron chi connectivity index (χ3n) is 3.88. The third-order valence-corrected chi connectivity index (χ3v) is 4.81. The fourth-order valence-corrected chi connectivity index (χ4v) is 3.27. The fraction of sp³-hybridized carbons (Fsp3) is 0.211. The van der Waals surface area contributed by atoms with Crippen molar-refractivity contribution in [3.05, 3.63) is 54.1 Å². The van der Waals surface area contributed by atoms with Crippen LogP contribution in [0, 0.1) is 11.3 Å². The fourth-order valence-electron chi connectivity index (χ4n) is 2.51. The van der Waals surface area contributed by atoms with Gasteiger partial charge in [0, 0.05) is 5.56 Å². The summed E-state index contributed by atoms with van der Waals surface area (Å²) in [5, 5.41) is 17.2. The molecule has 5 nitrogen and oxygen atoms in total. The third kappa shape index (κ3) is 4.12. The molecule has 3 aromatic rings. The second-order valence-electron chi connectivity index (χ2n) is 5.81. The van der Waals surface area contributed by atoms with Gasteiger partial charge in [0.05, 0.1) is 29.7 Å². The van der Waals surface area contributed by atoms with Crippen LogP contribution < -0.4 is 4.74 Å². The molecule has 9 heteroatoms. The summed E-state index contributed by atoms with van der Waals surface area (Å²) >= 11 is 1.12. The maximum atomic E-state index is 13.2. The molecule has 28 heavy (non-hydrogen) atoms. The van der Waals surface area contributed by atoms with Gasteiger partial charge in [-0.25, -0.2) is 0 Å². The summed E-state index contributed by atoms with van der Waals surface area (Å²) in [6, 6.07) is 13.9. The van der Waals surface area contributed by atoms with E-state index in [1.165, 1.54) is 17.7 Å². The Labute approximate surface area is 163 Å². The van der Waals surface area contributed by atoms with Crippen LogP contribution in [0.4, 0.5) is 13.2 Å². The van der Waals surface area contributed by atoms with E-state index in [4.69, 9.17) is 10.00 Å². The molecule has 0 bridgehead atoms. The summed E-state index contributed by atoms with van der Waals surface area (Å²) in [4.78, 5) is 0. The normalized spacial score (nSPS) is 12.4. The van der Waals surface area contributed by atoms with Gasteiger partial charge in [-0.2, -0.15) is 18.4 Å². The first-order chi connectivity index (χ1) is 13.3. The van der Waals surface area contributed by atoms with Crippen LogP contribution in [0.15, 0.2) is 53.7 Å². The van der Waals surface area contributed by atoms with E-state index in [1.54, 1.807) is 37.3 Å². The molecule has 1 atom stereocenters. The standard InChI is InChI=1S/C19H15F3N4OS/c1-12(11-23)28-18-25-24-17(13-6-8-16(27-2)9-7-13)26(18)15-5-3-4-14(10-15)19(20,21)22/h3-10,12H,1-2H3/t12-/m0/s1. The van der Waals surface area contributed by atoms with Crippen molar-refractivity contribution in [1.29, 1.82) is 5.26 Å². The van der Waals surface area contributed by atoms with Crippen molar-refractivity contribution in [2.45, 2.75) is 23.5 Å². The Hall–Kier alpha value is -2.99. The molecule has 3 rings (SSSR count). The first-order valence-corrected chi connectivity index (χ1v) is 9.05. The lowest BCUT2D eigenvalue weighted by atomic mass is 10.1. The van der Waals surface area contributed by atoms with Crippen molar-refractivity contribution in [3.8, 4) is 28.9 Å². The van der Waals surface area contributed by atoms with E-state index in [0.29, 0.717) is 22.3 Å². The minimum Gasteiger partial charge on any atom is -0.497 e. The van der Waals surface area contributed by atoms with Gasteiger partial charge in [-0.15, -0.1) is 10.2 Å². The lowest BCUT2D eigenvalue weighted by Crippen LogP contribution is -2.07. The van der Waals surface area contributed by atoms with E-state index < -0.39 is 17.0 Å². The van der Waals surface area contributed by atoms with Gasteiger partial charge in [0.25, 0.3) is 0 Å². The lowest BCUT2D eigenvalue weighted by Gasteiger charge is -2.13. The molecule has 1 aromatic heterocycles. The number of methoxy groups -OCH3 is 1. The Morgan fingerprint density at radius 2 is 1.86 bits per heavy atom. The van der Waals surface area contributed by atoms with Crippen LogP contribution in [-0.4, -0.2) is 27.1 Å². The van der Waals surface area contributed by atoms with E-state index in [1.807, 2.05) is 0 Å². The average Bonchev–Trinajstić information content (AvgIpc) is 3.10. The predicted octanol–water partition coefficient (Wildman–Crippen LogP) is 4.97. The molecule has 0 fully saturated rings. The number of nitriles is 1. The van der Waals surface area contributed by atoms with Crippen molar-refractivity contribution in [3.63, 3.8) is 0 Å². The zero-order valence-corrected chi connectivity index (χ0v) is 15.8. The summed E-state index contributed by atoms with van der Waals surface area (Å²) < 4.78 is 46.2. The Morgan fingerprint density at radius 1 is 1.14 bits per heavy atom. The van der Waals surface area contributed by atoms with Crippen molar-refractivity contribution in [2.24, 2.45) is 0 Å². The van der Waals surface area contributed by atoms with Crippen LogP contribution in [0.5, 0.6) is 5.75 Å². The van der Waals surface area contributed by atoms with Gasteiger partial charge in [-0.3, -0.25) is 4.57 Å². The number of rotatable bonds is 5. The molecule has 0 radical (unpaired) electrons. The molecular formula is C19H15F3N4OS. The van der Waals surface area contributed by atoms with Gasteiger partial charge in [-0.05, 0) is 49.4 Å². The highest BCUT2D eigenvalue weighted by Gasteiger charge is 2.31. The molecule has 0 aliphatic rings. The van der Waals surface area contributed by atoms with E-state index in [0.717, 1.165) is 23.9 Å². The second-order valence-corrected chi connectivity index (χ2v) is 7.12. The molecule has 0 saturated carbocycles. The Morgan fingerprint density at radius 3 is 2.46 bits per heavy atom. The number of ether oxygens (including phenoxy) is 1. The van der Waals surface area contributed by atoms with E-state index >= 15 is 0 Å². The molecule has 144 valence electrons. The Balaban J connectivity index is 2.16. The van der Waals surface area contributed by atoms with Gasteiger partial charge in [-0.1, -0.05) is 17.8 Å². The van der Waals surface area contributed by atoms with Crippen molar-refractivity contribution < 1.29 is 17.9 Å². The van der Waals surface area contributed by atoms with Crippen molar-refractivity contribution >= 4 is 11.8 Å². The van der Waals surface area contributed by atoms with Gasteiger partial charge < -0.3 is 4.74 Å². The molecule has 0 amide bonds. The number of hydrogen-bond acceptors (Lipinski definition) is 5. The molecule has 0 unspecified atom stereocenters. The summed E-state index contributed by atoms with van der Waals surface area (Å²) in [5.74, 6) is 1.01.